The van der Waals surface area contributed by atoms with Crippen molar-refractivity contribution in [3.63, 3.8) is 0 Å². The Kier molecular flexibility index (Phi) is 28.0. The molecule has 4 atom stereocenters. The van der Waals surface area contributed by atoms with Gasteiger partial charge in [-0.2, -0.15) is 0 Å². The molecule has 0 spiro atoms. The van der Waals surface area contributed by atoms with Gasteiger partial charge in [0.2, 0.25) is 0 Å². The molecule has 0 aromatic heterocycles. The quantitative estimate of drug-likeness (QED) is 0.0398. The van der Waals surface area contributed by atoms with E-state index in [4.69, 9.17) is 27.9 Å². The molecule has 0 aliphatic rings. The van der Waals surface area contributed by atoms with Crippen molar-refractivity contribution in [2.75, 3.05) is 0 Å². The molecular formula is C53H86BCl2O3P. The van der Waals surface area contributed by atoms with Gasteiger partial charge >= 0.3 is 7.32 Å². The lowest BCUT2D eigenvalue weighted by molar-refractivity contribution is 0.0223. The van der Waals surface area contributed by atoms with Gasteiger partial charge in [0.05, 0.1) is 0 Å². The first kappa shape index (κ1) is 54.7. The molecule has 7 heteroatoms. The molecule has 0 heterocycles. The van der Waals surface area contributed by atoms with Gasteiger partial charge < -0.3 is 14.7 Å². The topological polar surface area (TPSA) is 49.7 Å². The molecule has 0 saturated heterocycles. The van der Waals surface area contributed by atoms with Crippen LogP contribution in [-0.4, -0.2) is 22.5 Å². The van der Waals surface area contributed by atoms with E-state index in [9.17, 15) is 10.0 Å². The van der Waals surface area contributed by atoms with Crippen LogP contribution in [0.3, 0.4) is 0 Å². The molecule has 0 saturated carbocycles. The van der Waals surface area contributed by atoms with Gasteiger partial charge in [-0.15, -0.1) is 9.24 Å². The lowest BCUT2D eigenvalue weighted by Crippen LogP contribution is -2.43. The smallest absolute Gasteiger partial charge is 0.402 e. The van der Waals surface area contributed by atoms with Crippen LogP contribution in [0, 0.1) is 26.7 Å². The molecule has 0 amide bonds. The van der Waals surface area contributed by atoms with Crippen LogP contribution in [0.1, 0.15) is 222 Å². The third-order valence-electron chi connectivity index (χ3n) is 12.9. The Balaban J connectivity index is 0.000000424. The average molecular weight is 884 g/mol. The number of benzene rings is 3. The van der Waals surface area contributed by atoms with Crippen molar-refractivity contribution in [2.24, 2.45) is 5.92 Å². The summed E-state index contributed by atoms with van der Waals surface area (Å²) in [4.78, 5) is 0. The SMILES string of the molecule is CCCCC(c1ccc(C)c(Cl)c1)C(OB(O)O)(c1ccc(C)cc1)c1ccc(C)c(Cl)c1.CCCCCCCCCCCCC(CCCC)C(P)(CCCC)CCCC. The van der Waals surface area contributed by atoms with Gasteiger partial charge in [-0.05, 0) is 104 Å². The molecule has 0 fully saturated rings. The van der Waals surface area contributed by atoms with Crippen molar-refractivity contribution in [2.45, 2.75) is 220 Å². The zero-order valence-electron chi connectivity index (χ0n) is 39.4. The Hall–Kier alpha value is -1.39. The standard InChI is InChI=1S/C27H31BCl2O3.C26H55P/c1-5-6-7-24(21-12-10-19(3)25(29)16-21)27(33-28(31)32,22-13-8-18(2)9-14-22)23-15-11-20(4)26(30)17-23;1-5-9-13-14-15-16-17-18-19-20-22-25(21-10-6-2)26(27,23-11-7-3)24-12-8-4/h8-17,24,31-32H,5-7H2,1-4H3;25H,5-24,27H2,1-4H3. The average Bonchev–Trinajstić information content (AvgIpc) is 3.23. The third kappa shape index (κ3) is 18.4. The minimum Gasteiger partial charge on any atom is -0.402 e. The Morgan fingerprint density at radius 2 is 1.00 bits per heavy atom. The predicted octanol–water partition coefficient (Wildman–Crippen LogP) is 17.2. The van der Waals surface area contributed by atoms with E-state index in [0.717, 1.165) is 58.6 Å². The molecule has 0 bridgehead atoms. The Morgan fingerprint density at radius 3 is 1.50 bits per heavy atom. The highest BCUT2D eigenvalue weighted by atomic mass is 35.5. The summed E-state index contributed by atoms with van der Waals surface area (Å²) in [5.41, 5.74) is 4.36. The molecular weight excluding hydrogens is 797 g/mol. The second kappa shape index (κ2) is 30.7. The maximum absolute atomic E-state index is 10.2. The Morgan fingerprint density at radius 1 is 0.550 bits per heavy atom. The lowest BCUT2D eigenvalue weighted by Gasteiger charge is -2.43. The second-order valence-electron chi connectivity index (χ2n) is 18.0. The number of unbranched alkanes of at least 4 members (excludes halogenated alkanes) is 13. The van der Waals surface area contributed by atoms with Gasteiger partial charge in [0, 0.05) is 16.0 Å². The number of rotatable bonds is 30. The van der Waals surface area contributed by atoms with E-state index in [1.807, 2.05) is 81.4 Å². The summed E-state index contributed by atoms with van der Waals surface area (Å²) < 4.78 is 6.14. The lowest BCUT2D eigenvalue weighted by atomic mass is 9.69. The summed E-state index contributed by atoms with van der Waals surface area (Å²) in [6.07, 6.45) is 31.3. The molecule has 0 aliphatic carbocycles. The van der Waals surface area contributed by atoms with Crippen LogP contribution in [0.4, 0.5) is 0 Å². The maximum Gasteiger partial charge on any atom is 0.634 e. The number of halogens is 2. The minimum atomic E-state index is -1.99. The fourth-order valence-corrected chi connectivity index (χ4v) is 10.1. The van der Waals surface area contributed by atoms with E-state index in [2.05, 4.69) is 43.9 Å². The molecule has 0 aliphatic heterocycles. The summed E-state index contributed by atoms with van der Waals surface area (Å²) in [5, 5.41) is 22.2. The third-order valence-corrected chi connectivity index (χ3v) is 14.8. The molecule has 2 N–H and O–H groups in total. The highest BCUT2D eigenvalue weighted by Crippen LogP contribution is 2.50. The van der Waals surface area contributed by atoms with Gasteiger partial charge in [0.25, 0.3) is 0 Å². The van der Waals surface area contributed by atoms with Crippen molar-refractivity contribution >= 4 is 39.8 Å². The van der Waals surface area contributed by atoms with Crippen LogP contribution in [0.2, 0.25) is 10.0 Å². The number of aryl methyl sites for hydroxylation is 3. The van der Waals surface area contributed by atoms with E-state index >= 15 is 0 Å². The van der Waals surface area contributed by atoms with Gasteiger partial charge in [0.1, 0.15) is 5.60 Å². The molecule has 3 aromatic rings. The highest BCUT2D eigenvalue weighted by Gasteiger charge is 2.46. The highest BCUT2D eigenvalue weighted by molar-refractivity contribution is 7.19. The van der Waals surface area contributed by atoms with Crippen LogP contribution in [-0.2, 0) is 10.3 Å². The van der Waals surface area contributed by atoms with Gasteiger partial charge in [-0.1, -0.05) is 227 Å². The van der Waals surface area contributed by atoms with Crippen LogP contribution in [0.25, 0.3) is 0 Å². The molecule has 3 rings (SSSR count). The first-order valence-corrected chi connectivity index (χ1v) is 25.6. The largest absolute Gasteiger partial charge is 0.634 e. The maximum atomic E-state index is 10.2. The normalized spacial score (nSPS) is 13.7. The molecule has 3 aromatic carbocycles. The fourth-order valence-electron chi connectivity index (χ4n) is 9.01. The molecule has 60 heavy (non-hydrogen) atoms. The second-order valence-corrected chi connectivity index (χ2v) is 19.9. The van der Waals surface area contributed by atoms with Crippen LogP contribution >= 0.6 is 32.4 Å². The molecule has 4 unspecified atom stereocenters. The molecule has 3 nitrogen and oxygen atoms in total. The van der Waals surface area contributed by atoms with Gasteiger partial charge in [-0.25, -0.2) is 0 Å². The van der Waals surface area contributed by atoms with E-state index in [1.54, 1.807) is 0 Å². The van der Waals surface area contributed by atoms with Gasteiger partial charge in [0.15, 0.2) is 0 Å². The zero-order valence-corrected chi connectivity index (χ0v) is 42.1. The van der Waals surface area contributed by atoms with Crippen LogP contribution in [0.5, 0.6) is 0 Å². The number of hydrogen-bond acceptors (Lipinski definition) is 3. The van der Waals surface area contributed by atoms with Crippen LogP contribution < -0.4 is 0 Å². The van der Waals surface area contributed by atoms with Crippen molar-refractivity contribution in [1.29, 1.82) is 0 Å². The summed E-state index contributed by atoms with van der Waals surface area (Å²) in [6, 6.07) is 19.8. The van der Waals surface area contributed by atoms with E-state index in [-0.39, 0.29) is 5.92 Å². The molecule has 338 valence electrons. The summed E-state index contributed by atoms with van der Waals surface area (Å²) in [6.45, 7) is 17.4. The van der Waals surface area contributed by atoms with E-state index < -0.39 is 12.9 Å². The Labute approximate surface area is 382 Å². The van der Waals surface area contributed by atoms with Crippen LogP contribution in [0.15, 0.2) is 60.7 Å². The minimum absolute atomic E-state index is 0.251. The van der Waals surface area contributed by atoms with E-state index in [1.165, 1.54) is 128 Å². The first-order valence-electron chi connectivity index (χ1n) is 24.3. The molecule has 0 radical (unpaired) electrons. The number of hydrogen-bond donors (Lipinski definition) is 2. The van der Waals surface area contributed by atoms with Gasteiger partial charge in [-0.3, -0.25) is 0 Å². The van der Waals surface area contributed by atoms with Crippen molar-refractivity contribution < 1.29 is 14.7 Å². The summed E-state index contributed by atoms with van der Waals surface area (Å²) >= 11 is 13.1. The van der Waals surface area contributed by atoms with Crippen molar-refractivity contribution in [3.05, 3.63) is 104 Å². The van der Waals surface area contributed by atoms with Crippen molar-refractivity contribution in [3.8, 4) is 0 Å². The predicted molar refractivity (Wildman–Crippen MR) is 269 cm³/mol. The fraction of sp³-hybridized carbons (Fsp3) is 0.660. The van der Waals surface area contributed by atoms with E-state index in [0.29, 0.717) is 15.2 Å². The zero-order chi connectivity index (χ0) is 44.4. The van der Waals surface area contributed by atoms with Crippen molar-refractivity contribution in [1.82, 2.24) is 0 Å². The first-order chi connectivity index (χ1) is 28.8. The Bertz CT molecular complexity index is 1560. The summed E-state index contributed by atoms with van der Waals surface area (Å²) in [5.74, 6) is 0.688. The summed E-state index contributed by atoms with van der Waals surface area (Å²) in [7, 11) is 1.40. The monoisotopic (exact) mass is 883 g/mol.